The molecule has 0 aromatic rings. The van der Waals surface area contributed by atoms with Gasteiger partial charge in [0.1, 0.15) is 0 Å². The Morgan fingerprint density at radius 2 is 1.03 bits per heavy atom. The van der Waals surface area contributed by atoms with Crippen molar-refractivity contribution in [1.29, 1.82) is 0 Å². The Balaban J connectivity index is 0. The fraction of sp³-hybridized carbons (Fsp3) is 0.958. The van der Waals surface area contributed by atoms with Crippen molar-refractivity contribution in [2.24, 2.45) is 4.99 Å². The maximum absolute atomic E-state index is 11.6. The van der Waals surface area contributed by atoms with Crippen LogP contribution in [0, 0.1) is 0 Å². The number of hydrogen-bond acceptors (Lipinski definition) is 4. The Morgan fingerprint density at radius 1 is 0.677 bits per heavy atom. The van der Waals surface area contributed by atoms with E-state index < -0.39 is 10.1 Å². The maximum Gasteiger partial charge on any atom is 1.00 e. The van der Waals surface area contributed by atoms with E-state index in [-0.39, 0.29) is 54.2 Å². The first-order valence-corrected chi connectivity index (χ1v) is 14.2. The third kappa shape index (κ3) is 30.4. The summed E-state index contributed by atoms with van der Waals surface area (Å²) in [5, 5.41) is 11.6. The zero-order chi connectivity index (χ0) is 22.3. The molecule has 0 radical (unpaired) electrons. The summed E-state index contributed by atoms with van der Waals surface area (Å²) in [5.74, 6) is -0.481. The molecule has 31 heavy (non-hydrogen) atoms. The second-order valence-corrected chi connectivity index (χ2v) is 10.2. The molecule has 0 spiro atoms. The summed E-state index contributed by atoms with van der Waals surface area (Å²) < 4.78 is 29.7. The van der Waals surface area contributed by atoms with E-state index in [0.29, 0.717) is 6.42 Å². The molecule has 0 unspecified atom stereocenters. The van der Waals surface area contributed by atoms with E-state index in [1.165, 1.54) is 103 Å². The summed E-state index contributed by atoms with van der Waals surface area (Å²) in [6.45, 7) is 2.45. The van der Waals surface area contributed by atoms with Gasteiger partial charge in [-0.05, 0) is 25.2 Å². The number of unbranched alkanes of at least 4 members (excludes halogenated alkanes) is 17. The van der Waals surface area contributed by atoms with E-state index in [4.69, 9.17) is 4.55 Å². The summed E-state index contributed by atoms with van der Waals surface area (Å²) >= 11 is 0. The molecule has 0 aromatic heterocycles. The van der Waals surface area contributed by atoms with Crippen molar-refractivity contribution in [3.05, 3.63) is 0 Å². The van der Waals surface area contributed by atoms with Crippen LogP contribution in [0.4, 0.5) is 0 Å². The summed E-state index contributed by atoms with van der Waals surface area (Å²) in [6, 6.07) is 0. The van der Waals surface area contributed by atoms with Crippen molar-refractivity contribution < 1.29 is 47.6 Å². The van der Waals surface area contributed by atoms with E-state index in [2.05, 4.69) is 11.9 Å². The molecule has 0 fully saturated rings. The molecular weight excluding hydrogens is 421 g/mol. The zero-order valence-corrected chi connectivity index (χ0v) is 23.4. The van der Waals surface area contributed by atoms with Gasteiger partial charge in [-0.1, -0.05) is 116 Å². The minimum absolute atomic E-state index is 0. The van der Waals surface area contributed by atoms with E-state index in [9.17, 15) is 13.5 Å². The van der Waals surface area contributed by atoms with E-state index in [1.807, 2.05) is 0 Å². The van der Waals surface area contributed by atoms with Crippen LogP contribution in [-0.4, -0.2) is 31.2 Å². The van der Waals surface area contributed by atoms with Gasteiger partial charge in [0.15, 0.2) is 0 Å². The maximum atomic E-state index is 11.6. The van der Waals surface area contributed by atoms with Gasteiger partial charge in [0.05, 0.1) is 5.75 Å². The molecule has 0 aliphatic rings. The molecule has 0 saturated carbocycles. The fourth-order valence-electron chi connectivity index (χ4n) is 3.71. The van der Waals surface area contributed by atoms with Crippen LogP contribution in [0.3, 0.4) is 0 Å². The van der Waals surface area contributed by atoms with E-state index in [1.54, 1.807) is 0 Å². The Kier molecular flexibility index (Phi) is 27.1. The first-order valence-electron chi connectivity index (χ1n) is 12.6. The number of aliphatic imine (C=N–C) groups is 1. The largest absolute Gasteiger partial charge is 1.00 e. The van der Waals surface area contributed by atoms with Gasteiger partial charge in [-0.15, -0.1) is 0 Å². The molecule has 0 aliphatic carbocycles. The van der Waals surface area contributed by atoms with Crippen LogP contribution in [0.1, 0.15) is 135 Å². The van der Waals surface area contributed by atoms with Crippen molar-refractivity contribution in [1.82, 2.24) is 0 Å². The number of rotatable bonds is 23. The van der Waals surface area contributed by atoms with Crippen LogP contribution in [-0.2, 0) is 10.1 Å². The molecule has 7 heteroatoms. The first kappa shape index (κ1) is 33.6. The minimum atomic E-state index is -3.94. The number of nitrogens with zero attached hydrogens (tertiary/aromatic N) is 1. The van der Waals surface area contributed by atoms with Gasteiger partial charge in [-0.3, -0.25) is 4.55 Å². The monoisotopic (exact) mass is 469 g/mol. The molecule has 0 bridgehead atoms. The standard InChI is InChI=1S/C24H49NO4S.Na/c1-2-3-4-5-6-7-8-9-10-11-12-13-14-15-16-17-18-19-21-24(26)25-22-20-23-30(27,28)29;/h2-23H2,1H3,(H,25,26)(H,27,28,29);/q;+1/p-1. The molecule has 0 atom stereocenters. The van der Waals surface area contributed by atoms with E-state index in [0.717, 1.165) is 12.8 Å². The van der Waals surface area contributed by atoms with Gasteiger partial charge in [0.25, 0.3) is 10.1 Å². The molecule has 0 aromatic carbocycles. The average molecular weight is 470 g/mol. The van der Waals surface area contributed by atoms with Crippen molar-refractivity contribution in [3.8, 4) is 0 Å². The molecule has 5 nitrogen and oxygen atoms in total. The Morgan fingerprint density at radius 3 is 1.39 bits per heavy atom. The Bertz CT molecular complexity index is 498. The minimum Gasteiger partial charge on any atom is -0.862 e. The van der Waals surface area contributed by atoms with Gasteiger partial charge in [-0.2, -0.15) is 8.42 Å². The van der Waals surface area contributed by atoms with Gasteiger partial charge >= 0.3 is 29.6 Å². The van der Waals surface area contributed by atoms with Crippen molar-refractivity contribution in [3.63, 3.8) is 0 Å². The van der Waals surface area contributed by atoms with Gasteiger partial charge in [0.2, 0.25) is 0 Å². The van der Waals surface area contributed by atoms with Gasteiger partial charge in [0, 0.05) is 6.54 Å². The van der Waals surface area contributed by atoms with Crippen LogP contribution in [0.5, 0.6) is 0 Å². The molecule has 1 N–H and O–H groups in total. The van der Waals surface area contributed by atoms with Crippen LogP contribution >= 0.6 is 0 Å². The predicted molar refractivity (Wildman–Crippen MR) is 127 cm³/mol. The second-order valence-electron chi connectivity index (χ2n) is 8.68. The molecule has 0 heterocycles. The molecule has 0 saturated heterocycles. The SMILES string of the molecule is CCCCCCCCCCCCCCCCCCCCC([O-])=NCCCS(=O)(=O)O.[Na+]. The molecule has 180 valence electrons. The van der Waals surface area contributed by atoms with Crippen LogP contribution in [0.25, 0.3) is 0 Å². The fourth-order valence-corrected chi connectivity index (χ4v) is 4.20. The summed E-state index contributed by atoms with van der Waals surface area (Å²) in [7, 11) is -3.94. The summed E-state index contributed by atoms with van der Waals surface area (Å²) in [4.78, 5) is 3.83. The zero-order valence-electron chi connectivity index (χ0n) is 20.6. The first-order chi connectivity index (χ1) is 14.5. The van der Waals surface area contributed by atoms with E-state index >= 15 is 0 Å². The van der Waals surface area contributed by atoms with Crippen LogP contribution in [0.15, 0.2) is 4.99 Å². The average Bonchev–Trinajstić information content (AvgIpc) is 2.69. The van der Waals surface area contributed by atoms with Crippen LogP contribution < -0.4 is 34.7 Å². The topological polar surface area (TPSA) is 89.8 Å². The normalized spacial score (nSPS) is 12.1. The third-order valence-electron chi connectivity index (χ3n) is 5.59. The Labute approximate surface area is 215 Å². The van der Waals surface area contributed by atoms with Crippen molar-refractivity contribution in [2.75, 3.05) is 12.3 Å². The molecule has 0 rings (SSSR count). The number of hydrogen-bond donors (Lipinski definition) is 1. The summed E-state index contributed by atoms with van der Waals surface area (Å²) in [5.41, 5.74) is 0. The van der Waals surface area contributed by atoms with Crippen LogP contribution in [0.2, 0.25) is 0 Å². The third-order valence-corrected chi connectivity index (χ3v) is 6.40. The van der Waals surface area contributed by atoms with Crippen molar-refractivity contribution in [2.45, 2.75) is 135 Å². The molecular formula is C24H48NNaO4S. The summed E-state index contributed by atoms with van der Waals surface area (Å²) in [6.07, 6.45) is 24.4. The van der Waals surface area contributed by atoms with Crippen molar-refractivity contribution >= 4 is 16.0 Å². The predicted octanol–water partition coefficient (Wildman–Crippen LogP) is 3.46. The van der Waals surface area contributed by atoms with Gasteiger partial charge < -0.3 is 10.1 Å². The molecule has 0 aliphatic heterocycles. The quantitative estimate of drug-likeness (QED) is 0.0816. The second kappa shape index (κ2) is 25.0. The Hall–Kier alpha value is 0.380. The molecule has 0 amide bonds. The smallest absolute Gasteiger partial charge is 0.862 e. The van der Waals surface area contributed by atoms with Gasteiger partial charge in [-0.25, -0.2) is 0 Å².